The molecule has 7 heteroatoms. The number of aromatic nitrogens is 1. The minimum absolute atomic E-state index is 0.0158. The Labute approximate surface area is 186 Å². The number of carbonyl (C=O) groups is 1. The molecule has 0 fully saturated rings. The summed E-state index contributed by atoms with van der Waals surface area (Å²) < 4.78 is 16.6. The van der Waals surface area contributed by atoms with Gasteiger partial charge in [-0.1, -0.05) is 11.2 Å². The second kappa shape index (κ2) is 8.98. The molecule has 31 heavy (non-hydrogen) atoms. The molecule has 0 aliphatic carbocycles. The Morgan fingerprint density at radius 1 is 1.32 bits per heavy atom. The highest BCUT2D eigenvalue weighted by molar-refractivity contribution is 7.10. The van der Waals surface area contributed by atoms with Crippen molar-refractivity contribution in [2.45, 2.75) is 39.8 Å². The largest absolute Gasteiger partial charge is 0.493 e. The highest BCUT2D eigenvalue weighted by Crippen LogP contribution is 2.33. The lowest BCUT2D eigenvalue weighted by Crippen LogP contribution is -2.37. The van der Waals surface area contributed by atoms with Crippen LogP contribution in [0.1, 0.15) is 46.0 Å². The van der Waals surface area contributed by atoms with Crippen molar-refractivity contribution in [3.8, 4) is 11.5 Å². The van der Waals surface area contributed by atoms with E-state index in [2.05, 4.69) is 23.5 Å². The first-order valence-corrected chi connectivity index (χ1v) is 11.1. The van der Waals surface area contributed by atoms with Crippen LogP contribution in [0.2, 0.25) is 0 Å². The molecule has 162 valence electrons. The summed E-state index contributed by atoms with van der Waals surface area (Å²) in [6.45, 7) is 6.94. The summed E-state index contributed by atoms with van der Waals surface area (Å²) in [5.74, 6) is 1.99. The molecule has 2 aromatic heterocycles. The summed E-state index contributed by atoms with van der Waals surface area (Å²) in [7, 11) is 1.60. The first-order valence-electron chi connectivity index (χ1n) is 10.3. The molecule has 3 heterocycles. The third-order valence-electron chi connectivity index (χ3n) is 5.72. The van der Waals surface area contributed by atoms with Crippen molar-refractivity contribution in [3.05, 3.63) is 68.7 Å². The molecular weight excluding hydrogens is 412 g/mol. The van der Waals surface area contributed by atoms with E-state index < -0.39 is 0 Å². The Morgan fingerprint density at radius 2 is 2.16 bits per heavy atom. The maximum atomic E-state index is 12.8. The summed E-state index contributed by atoms with van der Waals surface area (Å²) in [6.07, 6.45) is 4.37. The molecule has 3 aromatic rings. The second-order valence-electron chi connectivity index (χ2n) is 7.59. The smallest absolute Gasteiger partial charge is 0.247 e. The van der Waals surface area contributed by atoms with E-state index in [9.17, 15) is 4.79 Å². The van der Waals surface area contributed by atoms with E-state index in [1.54, 1.807) is 24.5 Å². The monoisotopic (exact) mass is 438 g/mol. The normalized spacial score (nSPS) is 15.9. The molecule has 1 unspecified atom stereocenters. The minimum atomic E-state index is 0.0158. The Hall–Kier alpha value is -3.06. The first-order chi connectivity index (χ1) is 15.0. The fourth-order valence-corrected chi connectivity index (χ4v) is 4.80. The summed E-state index contributed by atoms with van der Waals surface area (Å²) in [5, 5.41) is 6.05. The van der Waals surface area contributed by atoms with Gasteiger partial charge >= 0.3 is 0 Å². The van der Waals surface area contributed by atoms with Crippen molar-refractivity contribution in [2.24, 2.45) is 0 Å². The van der Waals surface area contributed by atoms with Gasteiger partial charge < -0.3 is 18.9 Å². The number of hydrogen-bond acceptors (Lipinski definition) is 6. The number of carbonyl (C=O) groups excluding carboxylic acids is 1. The van der Waals surface area contributed by atoms with E-state index >= 15 is 0 Å². The standard InChI is InChI=1S/C24H26N2O4S/c1-15-20(17(3)30-25-15)14-29-21-7-5-18(13-22(21)28-4)6-8-24(27)26-11-9-23-19(16(26)2)10-12-31-23/h5-8,10,12-13,16H,9,11,14H2,1-4H3/b8-6+. The zero-order valence-electron chi connectivity index (χ0n) is 18.2. The molecule has 1 aromatic carbocycles. The highest BCUT2D eigenvalue weighted by atomic mass is 32.1. The number of hydrogen-bond donors (Lipinski definition) is 0. The van der Waals surface area contributed by atoms with Crippen LogP contribution >= 0.6 is 11.3 Å². The van der Waals surface area contributed by atoms with Crippen LogP contribution in [-0.4, -0.2) is 29.6 Å². The van der Waals surface area contributed by atoms with Crippen molar-refractivity contribution >= 4 is 23.3 Å². The van der Waals surface area contributed by atoms with Crippen molar-refractivity contribution in [3.63, 3.8) is 0 Å². The molecule has 6 nitrogen and oxygen atoms in total. The Morgan fingerprint density at radius 3 is 2.90 bits per heavy atom. The number of aryl methyl sites for hydroxylation is 2. The van der Waals surface area contributed by atoms with Gasteiger partial charge in [0, 0.05) is 17.5 Å². The molecule has 0 bridgehead atoms. The van der Waals surface area contributed by atoms with Gasteiger partial charge in [0.1, 0.15) is 12.4 Å². The van der Waals surface area contributed by atoms with Gasteiger partial charge in [-0.25, -0.2) is 0 Å². The lowest BCUT2D eigenvalue weighted by atomic mass is 10.0. The van der Waals surface area contributed by atoms with E-state index in [1.165, 1.54) is 10.4 Å². The minimum Gasteiger partial charge on any atom is -0.493 e. The van der Waals surface area contributed by atoms with Crippen LogP contribution in [0.25, 0.3) is 6.08 Å². The van der Waals surface area contributed by atoms with Crippen LogP contribution in [-0.2, 0) is 17.8 Å². The lowest BCUT2D eigenvalue weighted by molar-refractivity contribution is -0.128. The molecule has 0 saturated carbocycles. The number of methoxy groups -OCH3 is 1. The van der Waals surface area contributed by atoms with Crippen LogP contribution in [0.5, 0.6) is 11.5 Å². The number of ether oxygens (including phenoxy) is 2. The van der Waals surface area contributed by atoms with E-state index in [4.69, 9.17) is 14.0 Å². The van der Waals surface area contributed by atoms with Gasteiger partial charge in [-0.2, -0.15) is 0 Å². The van der Waals surface area contributed by atoms with Crippen LogP contribution < -0.4 is 9.47 Å². The quantitative estimate of drug-likeness (QED) is 0.501. The molecule has 4 rings (SSSR count). The molecule has 0 radical (unpaired) electrons. The topological polar surface area (TPSA) is 64.8 Å². The van der Waals surface area contributed by atoms with Gasteiger partial charge in [-0.3, -0.25) is 4.79 Å². The van der Waals surface area contributed by atoms with Gasteiger partial charge in [0.05, 0.1) is 24.4 Å². The maximum Gasteiger partial charge on any atom is 0.247 e. The fourth-order valence-electron chi connectivity index (χ4n) is 3.84. The number of thiophene rings is 1. The van der Waals surface area contributed by atoms with Crippen LogP contribution in [0.4, 0.5) is 0 Å². The summed E-state index contributed by atoms with van der Waals surface area (Å²) >= 11 is 1.77. The fraction of sp³-hybridized carbons (Fsp3) is 0.333. The van der Waals surface area contributed by atoms with Crippen molar-refractivity contribution in [1.29, 1.82) is 0 Å². The molecule has 1 aliphatic rings. The molecule has 1 atom stereocenters. The highest BCUT2D eigenvalue weighted by Gasteiger charge is 2.27. The average molecular weight is 439 g/mol. The van der Waals surface area contributed by atoms with Crippen molar-refractivity contribution < 1.29 is 18.8 Å². The predicted octanol–water partition coefficient (Wildman–Crippen LogP) is 5.10. The summed E-state index contributed by atoms with van der Waals surface area (Å²) in [4.78, 5) is 16.1. The van der Waals surface area contributed by atoms with Crippen LogP contribution in [0.15, 0.2) is 40.2 Å². The number of benzene rings is 1. The van der Waals surface area contributed by atoms with E-state index in [0.717, 1.165) is 35.5 Å². The zero-order valence-corrected chi connectivity index (χ0v) is 19.0. The second-order valence-corrected chi connectivity index (χ2v) is 8.59. The van der Waals surface area contributed by atoms with Gasteiger partial charge in [0.25, 0.3) is 0 Å². The molecule has 0 saturated heterocycles. The SMILES string of the molecule is COc1cc(/C=C/C(=O)N2CCc3sccc3C2C)ccc1OCc1c(C)noc1C. The van der Waals surface area contributed by atoms with Crippen LogP contribution in [0.3, 0.4) is 0 Å². The van der Waals surface area contributed by atoms with E-state index in [-0.39, 0.29) is 11.9 Å². The molecule has 1 amide bonds. The summed E-state index contributed by atoms with van der Waals surface area (Å²) in [5.41, 5.74) is 3.88. The first kappa shape index (κ1) is 21.2. The third-order valence-corrected chi connectivity index (χ3v) is 6.72. The Balaban J connectivity index is 1.44. The number of nitrogens with zero attached hydrogens (tertiary/aromatic N) is 2. The molecular formula is C24H26N2O4S. The Kier molecular flexibility index (Phi) is 6.13. The molecule has 0 N–H and O–H groups in total. The maximum absolute atomic E-state index is 12.8. The van der Waals surface area contributed by atoms with Gasteiger partial charge in [0.15, 0.2) is 11.5 Å². The summed E-state index contributed by atoms with van der Waals surface area (Å²) in [6, 6.07) is 7.85. The average Bonchev–Trinajstić information content (AvgIpc) is 3.38. The molecule has 1 aliphatic heterocycles. The number of amides is 1. The zero-order chi connectivity index (χ0) is 22.0. The van der Waals surface area contributed by atoms with E-state index in [0.29, 0.717) is 18.1 Å². The lowest BCUT2D eigenvalue weighted by Gasteiger charge is -2.32. The number of fused-ring (bicyclic) bond motifs is 1. The third kappa shape index (κ3) is 4.37. The van der Waals surface area contributed by atoms with Crippen molar-refractivity contribution in [1.82, 2.24) is 10.1 Å². The van der Waals surface area contributed by atoms with Gasteiger partial charge in [0.2, 0.25) is 5.91 Å². The Bertz CT molecular complexity index is 1100. The molecule has 0 spiro atoms. The van der Waals surface area contributed by atoms with E-state index in [1.807, 2.05) is 43.0 Å². The van der Waals surface area contributed by atoms with Crippen LogP contribution in [0, 0.1) is 13.8 Å². The van der Waals surface area contributed by atoms with Crippen molar-refractivity contribution in [2.75, 3.05) is 13.7 Å². The number of rotatable bonds is 6. The van der Waals surface area contributed by atoms with Gasteiger partial charge in [-0.15, -0.1) is 11.3 Å². The predicted molar refractivity (Wildman–Crippen MR) is 120 cm³/mol. The van der Waals surface area contributed by atoms with Gasteiger partial charge in [-0.05, 0) is 68.0 Å².